The first kappa shape index (κ1) is 17.7. The van der Waals surface area contributed by atoms with Crippen LogP contribution in [0, 0.1) is 5.41 Å². The van der Waals surface area contributed by atoms with E-state index >= 15 is 0 Å². The average Bonchev–Trinajstić information content (AvgIpc) is 2.42. The van der Waals surface area contributed by atoms with Gasteiger partial charge in [-0.05, 0) is 44.4 Å². The monoisotopic (exact) mass is 404 g/mol. The van der Waals surface area contributed by atoms with Crippen LogP contribution in [0.4, 0.5) is 0 Å². The molecule has 0 saturated carbocycles. The summed E-state index contributed by atoms with van der Waals surface area (Å²) in [6.45, 7) is 3.89. The van der Waals surface area contributed by atoms with Crippen LogP contribution in [-0.2, 0) is 9.53 Å². The number of esters is 1. The van der Waals surface area contributed by atoms with Crippen LogP contribution in [0.2, 0.25) is 0 Å². The minimum Gasteiger partial charge on any atom is -0.469 e. The summed E-state index contributed by atoms with van der Waals surface area (Å²) in [6, 6.07) is 8.34. The highest BCUT2D eigenvalue weighted by Gasteiger charge is 2.27. The maximum Gasteiger partial charge on any atom is 0.311 e. The molecule has 1 aromatic rings. The highest BCUT2D eigenvalue weighted by molar-refractivity contribution is 9.10. The maximum atomic E-state index is 11.6. The molecule has 0 aromatic heterocycles. The zero-order valence-corrected chi connectivity index (χ0v) is 15.5. The van der Waals surface area contributed by atoms with Crippen molar-refractivity contribution in [2.75, 3.05) is 7.11 Å². The molecule has 0 heterocycles. The Kier molecular flexibility index (Phi) is 7.24. The molecule has 0 saturated heterocycles. The molecule has 1 rings (SSSR count). The second-order valence-corrected chi connectivity index (χ2v) is 7.66. The van der Waals surface area contributed by atoms with E-state index in [0.29, 0.717) is 4.83 Å². The molecule has 0 spiro atoms. The summed E-state index contributed by atoms with van der Waals surface area (Å²) in [4.78, 5) is 11.9. The summed E-state index contributed by atoms with van der Waals surface area (Å²) < 4.78 is 5.93. The van der Waals surface area contributed by atoms with Gasteiger partial charge in [0, 0.05) is 9.30 Å². The van der Waals surface area contributed by atoms with Crippen molar-refractivity contribution in [3.63, 3.8) is 0 Å². The molecule has 0 aliphatic heterocycles. The van der Waals surface area contributed by atoms with Crippen LogP contribution in [0.15, 0.2) is 28.7 Å². The molecule has 1 atom stereocenters. The lowest BCUT2D eigenvalue weighted by molar-refractivity contribution is -0.151. The third-order valence-corrected chi connectivity index (χ3v) is 4.94. The Balaban J connectivity index is 2.36. The Hall–Kier alpha value is -0.350. The molecule has 0 bridgehead atoms. The van der Waals surface area contributed by atoms with Gasteiger partial charge in [0.05, 0.1) is 12.5 Å². The molecule has 20 heavy (non-hydrogen) atoms. The van der Waals surface area contributed by atoms with E-state index in [-0.39, 0.29) is 11.4 Å². The third kappa shape index (κ3) is 5.57. The van der Waals surface area contributed by atoms with Gasteiger partial charge in [0.2, 0.25) is 0 Å². The van der Waals surface area contributed by atoms with Crippen LogP contribution in [0.25, 0.3) is 0 Å². The van der Waals surface area contributed by atoms with Crippen molar-refractivity contribution in [2.24, 2.45) is 5.41 Å². The molecular weight excluding hydrogens is 384 g/mol. The van der Waals surface area contributed by atoms with E-state index in [1.165, 1.54) is 12.7 Å². The fourth-order valence-electron chi connectivity index (χ4n) is 2.14. The first-order valence-corrected chi connectivity index (χ1v) is 8.55. The summed E-state index contributed by atoms with van der Waals surface area (Å²) in [5.74, 6) is -0.125. The second kappa shape index (κ2) is 8.18. The zero-order valence-electron chi connectivity index (χ0n) is 12.3. The highest BCUT2D eigenvalue weighted by Crippen LogP contribution is 2.32. The topological polar surface area (TPSA) is 26.3 Å². The number of halogens is 2. The summed E-state index contributed by atoms with van der Waals surface area (Å²) in [6.07, 6.45) is 4.03. The molecule has 0 aliphatic carbocycles. The number of carbonyl (C=O) groups excluding carboxylic acids is 1. The lowest BCUT2D eigenvalue weighted by atomic mass is 9.87. The van der Waals surface area contributed by atoms with Gasteiger partial charge in [0.1, 0.15) is 0 Å². The minimum absolute atomic E-state index is 0.125. The van der Waals surface area contributed by atoms with E-state index in [9.17, 15) is 4.79 Å². The fourth-order valence-corrected chi connectivity index (χ4v) is 3.16. The SMILES string of the molecule is COC(=O)C(C)(C)CCCCC(Br)c1cccc(Br)c1. The summed E-state index contributed by atoms with van der Waals surface area (Å²) >= 11 is 7.22. The van der Waals surface area contributed by atoms with Gasteiger partial charge in [-0.1, -0.05) is 56.8 Å². The molecule has 2 nitrogen and oxygen atoms in total. The second-order valence-electron chi connectivity index (χ2n) is 5.64. The van der Waals surface area contributed by atoms with Crippen molar-refractivity contribution in [3.05, 3.63) is 34.3 Å². The lowest BCUT2D eigenvalue weighted by Gasteiger charge is -2.21. The molecular formula is C16H22Br2O2. The van der Waals surface area contributed by atoms with Crippen LogP contribution in [-0.4, -0.2) is 13.1 Å². The van der Waals surface area contributed by atoms with Crippen molar-refractivity contribution in [1.82, 2.24) is 0 Å². The smallest absolute Gasteiger partial charge is 0.311 e. The normalized spacial score (nSPS) is 13.1. The van der Waals surface area contributed by atoms with Gasteiger partial charge in [0.15, 0.2) is 0 Å². The fraction of sp³-hybridized carbons (Fsp3) is 0.562. The first-order valence-electron chi connectivity index (χ1n) is 6.85. The number of ether oxygens (including phenoxy) is 1. The predicted molar refractivity (Wildman–Crippen MR) is 90.1 cm³/mol. The van der Waals surface area contributed by atoms with E-state index in [4.69, 9.17) is 4.74 Å². The van der Waals surface area contributed by atoms with Gasteiger partial charge < -0.3 is 4.74 Å². The van der Waals surface area contributed by atoms with Crippen molar-refractivity contribution < 1.29 is 9.53 Å². The number of carbonyl (C=O) groups is 1. The Bertz CT molecular complexity index is 444. The van der Waals surface area contributed by atoms with Gasteiger partial charge in [0.25, 0.3) is 0 Å². The standard InChI is InChI=1S/C16H22Br2O2/c1-16(2,15(19)20-3)10-5-4-9-14(18)12-7-6-8-13(17)11-12/h6-8,11,14H,4-5,9-10H2,1-3H3. The molecule has 0 aliphatic rings. The molecule has 0 N–H and O–H groups in total. The summed E-state index contributed by atoms with van der Waals surface area (Å²) in [5, 5.41) is 0. The van der Waals surface area contributed by atoms with Gasteiger partial charge in [-0.2, -0.15) is 0 Å². The van der Waals surface area contributed by atoms with E-state index in [2.05, 4.69) is 44.0 Å². The van der Waals surface area contributed by atoms with E-state index in [1.807, 2.05) is 26.0 Å². The Morgan fingerprint density at radius 3 is 2.65 bits per heavy atom. The van der Waals surface area contributed by atoms with E-state index in [1.54, 1.807) is 0 Å². The van der Waals surface area contributed by atoms with Gasteiger partial charge >= 0.3 is 5.97 Å². The maximum absolute atomic E-state index is 11.6. The number of rotatable bonds is 7. The molecule has 1 aromatic carbocycles. The number of alkyl halides is 1. The summed E-state index contributed by atoms with van der Waals surface area (Å²) in [7, 11) is 1.45. The third-order valence-electron chi connectivity index (χ3n) is 3.46. The number of methoxy groups -OCH3 is 1. The zero-order chi connectivity index (χ0) is 15.2. The van der Waals surface area contributed by atoms with Crippen molar-refractivity contribution in [3.8, 4) is 0 Å². The van der Waals surface area contributed by atoms with E-state index in [0.717, 1.165) is 30.2 Å². The van der Waals surface area contributed by atoms with Crippen LogP contribution in [0.1, 0.15) is 49.9 Å². The van der Waals surface area contributed by atoms with Crippen molar-refractivity contribution in [2.45, 2.75) is 44.4 Å². The van der Waals surface area contributed by atoms with Crippen LogP contribution in [0.3, 0.4) is 0 Å². The largest absolute Gasteiger partial charge is 0.469 e. The quantitative estimate of drug-likeness (QED) is 0.333. The number of hydrogen-bond acceptors (Lipinski definition) is 2. The Morgan fingerprint density at radius 1 is 1.35 bits per heavy atom. The number of hydrogen-bond donors (Lipinski definition) is 0. The Morgan fingerprint density at radius 2 is 2.05 bits per heavy atom. The molecule has 0 fully saturated rings. The van der Waals surface area contributed by atoms with Gasteiger partial charge in [-0.15, -0.1) is 0 Å². The molecule has 0 radical (unpaired) electrons. The number of benzene rings is 1. The Labute approximate surface area is 138 Å². The van der Waals surface area contributed by atoms with Crippen LogP contribution in [0.5, 0.6) is 0 Å². The predicted octanol–water partition coefficient (Wildman–Crippen LogP) is 5.64. The van der Waals surface area contributed by atoms with Crippen molar-refractivity contribution in [1.29, 1.82) is 0 Å². The van der Waals surface area contributed by atoms with Crippen molar-refractivity contribution >= 4 is 37.8 Å². The lowest BCUT2D eigenvalue weighted by Crippen LogP contribution is -2.25. The minimum atomic E-state index is -0.383. The average molecular weight is 406 g/mol. The molecule has 112 valence electrons. The van der Waals surface area contributed by atoms with Crippen LogP contribution < -0.4 is 0 Å². The number of unbranched alkanes of at least 4 members (excludes halogenated alkanes) is 1. The van der Waals surface area contributed by atoms with Gasteiger partial charge in [-0.25, -0.2) is 0 Å². The van der Waals surface area contributed by atoms with E-state index < -0.39 is 0 Å². The van der Waals surface area contributed by atoms with Gasteiger partial charge in [-0.3, -0.25) is 4.79 Å². The first-order chi connectivity index (χ1) is 9.36. The van der Waals surface area contributed by atoms with Crippen LogP contribution >= 0.6 is 31.9 Å². The highest BCUT2D eigenvalue weighted by atomic mass is 79.9. The molecule has 4 heteroatoms. The summed E-state index contributed by atoms with van der Waals surface area (Å²) in [5.41, 5.74) is 0.901. The molecule has 0 amide bonds. The molecule has 1 unspecified atom stereocenters.